The molecule has 63 heavy (non-hydrogen) atoms. The summed E-state index contributed by atoms with van der Waals surface area (Å²) in [6.07, 6.45) is 64.0. The summed E-state index contributed by atoms with van der Waals surface area (Å²) in [5, 5.41) is 23.2. The highest BCUT2D eigenvalue weighted by Gasteiger charge is 2.20. The monoisotopic (exact) mass is 886 g/mol. The lowest BCUT2D eigenvalue weighted by molar-refractivity contribution is -0.143. The van der Waals surface area contributed by atoms with Crippen LogP contribution >= 0.6 is 0 Å². The third kappa shape index (κ3) is 49.4. The first-order valence-electron chi connectivity index (χ1n) is 27.7. The minimum atomic E-state index is -0.674. The van der Waals surface area contributed by atoms with Crippen LogP contribution in [0.15, 0.2) is 36.5 Å². The Bertz CT molecular complexity index is 1020. The molecule has 0 heterocycles. The molecule has 0 bridgehead atoms. The fourth-order valence-electron chi connectivity index (χ4n) is 8.37. The number of rotatable bonds is 51. The van der Waals surface area contributed by atoms with Gasteiger partial charge >= 0.3 is 5.97 Å². The van der Waals surface area contributed by atoms with E-state index in [9.17, 15) is 19.8 Å². The summed E-state index contributed by atoms with van der Waals surface area (Å²) in [5.41, 5.74) is 0. The number of carbonyl (C=O) groups excluding carboxylic acids is 2. The Morgan fingerprint density at radius 3 is 1.25 bits per heavy atom. The van der Waals surface area contributed by atoms with E-state index in [1.165, 1.54) is 180 Å². The van der Waals surface area contributed by atoms with E-state index in [1.54, 1.807) is 0 Å². The second-order valence-corrected chi connectivity index (χ2v) is 18.9. The van der Waals surface area contributed by atoms with Gasteiger partial charge in [-0.3, -0.25) is 9.59 Å². The number of unbranched alkanes of at least 4 members (excludes halogenated alkanes) is 34. The minimum Gasteiger partial charge on any atom is -0.466 e. The first-order valence-corrected chi connectivity index (χ1v) is 27.7. The number of allylic oxidation sites excluding steroid dienone is 6. The number of aliphatic hydroxyl groups is 2. The van der Waals surface area contributed by atoms with Crippen LogP contribution in [0.2, 0.25) is 0 Å². The van der Waals surface area contributed by atoms with Crippen LogP contribution in [-0.2, 0) is 14.3 Å². The maximum absolute atomic E-state index is 12.5. The predicted octanol–water partition coefficient (Wildman–Crippen LogP) is 16.9. The van der Waals surface area contributed by atoms with Crippen molar-refractivity contribution in [3.8, 4) is 0 Å². The topological polar surface area (TPSA) is 95.9 Å². The fraction of sp³-hybridized carbons (Fsp3) is 0.860. The average molecular weight is 886 g/mol. The molecule has 370 valence electrons. The number of hydrogen-bond acceptors (Lipinski definition) is 5. The molecule has 0 rings (SSSR count). The lowest BCUT2D eigenvalue weighted by Gasteiger charge is -2.22. The molecule has 0 aromatic carbocycles. The van der Waals surface area contributed by atoms with Crippen molar-refractivity contribution in [2.24, 2.45) is 0 Å². The molecular formula is C57H107NO5. The summed E-state index contributed by atoms with van der Waals surface area (Å²) in [7, 11) is 0. The zero-order valence-electron chi connectivity index (χ0n) is 42.1. The molecule has 0 fully saturated rings. The van der Waals surface area contributed by atoms with Crippen molar-refractivity contribution < 1.29 is 24.5 Å². The van der Waals surface area contributed by atoms with Crippen LogP contribution in [0.5, 0.6) is 0 Å². The molecule has 6 heteroatoms. The van der Waals surface area contributed by atoms with Gasteiger partial charge < -0.3 is 20.3 Å². The van der Waals surface area contributed by atoms with Crippen molar-refractivity contribution in [2.75, 3.05) is 13.2 Å². The molecule has 0 saturated carbocycles. The maximum atomic E-state index is 12.5. The van der Waals surface area contributed by atoms with E-state index in [0.717, 1.165) is 77.0 Å². The molecule has 0 radical (unpaired) electrons. The molecule has 2 unspecified atom stereocenters. The van der Waals surface area contributed by atoms with Gasteiger partial charge in [-0.05, 0) is 83.5 Å². The molecule has 2 atom stereocenters. The Hall–Kier alpha value is -1.92. The van der Waals surface area contributed by atoms with E-state index in [-0.39, 0.29) is 18.5 Å². The smallest absolute Gasteiger partial charge is 0.305 e. The van der Waals surface area contributed by atoms with Gasteiger partial charge in [0.25, 0.3) is 0 Å². The number of hydrogen-bond donors (Lipinski definition) is 3. The van der Waals surface area contributed by atoms with Crippen molar-refractivity contribution in [3.05, 3.63) is 36.5 Å². The summed E-state index contributed by atoms with van der Waals surface area (Å²) >= 11 is 0. The lowest BCUT2D eigenvalue weighted by atomic mass is 10.0. The molecule has 0 spiro atoms. The van der Waals surface area contributed by atoms with E-state index in [2.05, 4.69) is 55.6 Å². The highest BCUT2D eigenvalue weighted by molar-refractivity contribution is 5.76. The van der Waals surface area contributed by atoms with Gasteiger partial charge in [-0.25, -0.2) is 0 Å². The Labute approximate surface area is 392 Å². The van der Waals surface area contributed by atoms with Gasteiger partial charge in [0.15, 0.2) is 0 Å². The van der Waals surface area contributed by atoms with E-state index in [1.807, 2.05) is 0 Å². The molecule has 3 N–H and O–H groups in total. The molecule has 1 amide bonds. The SMILES string of the molecule is CCCCC/C=C\C/C=C\CCCCCCCCCC(=O)OCCCCCC/C=C\CCCCCCCCCC(=O)NC(CO)C(O)CCCCCCCCCCCCCCCC. The average Bonchev–Trinajstić information content (AvgIpc) is 3.28. The normalized spacial score (nSPS) is 12.9. The first-order chi connectivity index (χ1) is 31.0. The number of nitrogens with one attached hydrogen (secondary N) is 1. The zero-order valence-corrected chi connectivity index (χ0v) is 42.1. The molecule has 0 aliphatic heterocycles. The molecule has 0 saturated heterocycles. The largest absolute Gasteiger partial charge is 0.466 e. The van der Waals surface area contributed by atoms with Crippen LogP contribution in [0.3, 0.4) is 0 Å². The summed E-state index contributed by atoms with van der Waals surface area (Å²) in [6, 6.07) is -0.553. The van der Waals surface area contributed by atoms with Gasteiger partial charge in [-0.15, -0.1) is 0 Å². The Balaban J connectivity index is 3.47. The third-order valence-corrected chi connectivity index (χ3v) is 12.7. The van der Waals surface area contributed by atoms with Crippen molar-refractivity contribution >= 4 is 11.9 Å². The van der Waals surface area contributed by atoms with Crippen LogP contribution in [0.4, 0.5) is 0 Å². The van der Waals surface area contributed by atoms with Crippen LogP contribution in [0.1, 0.15) is 290 Å². The van der Waals surface area contributed by atoms with Gasteiger partial charge in [0.1, 0.15) is 0 Å². The molecular weight excluding hydrogens is 779 g/mol. The maximum Gasteiger partial charge on any atom is 0.305 e. The van der Waals surface area contributed by atoms with Gasteiger partial charge in [0, 0.05) is 12.8 Å². The second-order valence-electron chi connectivity index (χ2n) is 18.9. The summed E-state index contributed by atoms with van der Waals surface area (Å²) in [6.45, 7) is 4.89. The first kappa shape index (κ1) is 61.1. The van der Waals surface area contributed by atoms with Crippen LogP contribution < -0.4 is 5.32 Å². The zero-order chi connectivity index (χ0) is 45.8. The van der Waals surface area contributed by atoms with E-state index >= 15 is 0 Å². The lowest BCUT2D eigenvalue weighted by Crippen LogP contribution is -2.45. The summed E-state index contributed by atoms with van der Waals surface area (Å²) in [4.78, 5) is 24.5. The highest BCUT2D eigenvalue weighted by Crippen LogP contribution is 2.16. The van der Waals surface area contributed by atoms with Crippen molar-refractivity contribution in [3.63, 3.8) is 0 Å². The van der Waals surface area contributed by atoms with Crippen molar-refractivity contribution in [2.45, 2.75) is 302 Å². The van der Waals surface area contributed by atoms with E-state index in [0.29, 0.717) is 25.9 Å². The Morgan fingerprint density at radius 1 is 0.444 bits per heavy atom. The Morgan fingerprint density at radius 2 is 0.794 bits per heavy atom. The summed E-state index contributed by atoms with van der Waals surface area (Å²) in [5.74, 6) is -0.0686. The molecule has 0 aromatic heterocycles. The van der Waals surface area contributed by atoms with Gasteiger partial charge in [-0.2, -0.15) is 0 Å². The molecule has 0 aliphatic carbocycles. The van der Waals surface area contributed by atoms with Gasteiger partial charge in [-0.1, -0.05) is 230 Å². The second kappa shape index (κ2) is 52.7. The van der Waals surface area contributed by atoms with Crippen LogP contribution in [0, 0.1) is 0 Å². The Kier molecular flexibility index (Phi) is 51.1. The standard InChI is InChI=1S/C57H107NO5/c1-3-5-7-9-11-13-15-17-19-20-23-27-31-35-39-43-47-51-57(62)63-52-48-44-40-36-32-28-24-21-22-26-30-34-38-42-46-50-56(61)58-54(53-59)55(60)49-45-41-37-33-29-25-18-16-14-12-10-8-6-4-2/h11,13,17,19,24,28,54-55,59-60H,3-10,12,14-16,18,20-23,25-27,29-53H2,1-2H3,(H,58,61)/b13-11-,19-17-,28-24-. The van der Waals surface area contributed by atoms with Gasteiger partial charge in [0.2, 0.25) is 5.91 Å². The van der Waals surface area contributed by atoms with Crippen LogP contribution in [0.25, 0.3) is 0 Å². The van der Waals surface area contributed by atoms with Gasteiger partial charge in [0.05, 0.1) is 25.4 Å². The summed E-state index contributed by atoms with van der Waals surface area (Å²) < 4.78 is 5.46. The molecule has 6 nitrogen and oxygen atoms in total. The number of aliphatic hydroxyl groups excluding tert-OH is 2. The molecule has 0 aromatic rings. The highest BCUT2D eigenvalue weighted by atomic mass is 16.5. The molecule has 0 aliphatic rings. The van der Waals surface area contributed by atoms with Crippen molar-refractivity contribution in [1.82, 2.24) is 5.32 Å². The fourth-order valence-corrected chi connectivity index (χ4v) is 8.37. The van der Waals surface area contributed by atoms with E-state index < -0.39 is 12.1 Å². The predicted molar refractivity (Wildman–Crippen MR) is 273 cm³/mol. The van der Waals surface area contributed by atoms with Crippen molar-refractivity contribution in [1.29, 1.82) is 0 Å². The number of amides is 1. The number of ether oxygens (including phenoxy) is 1. The third-order valence-electron chi connectivity index (χ3n) is 12.7. The number of esters is 1. The minimum absolute atomic E-state index is 0.0180. The van der Waals surface area contributed by atoms with E-state index in [4.69, 9.17) is 4.74 Å². The number of carbonyl (C=O) groups is 2. The van der Waals surface area contributed by atoms with Crippen LogP contribution in [-0.4, -0.2) is 47.4 Å². The quantitative estimate of drug-likeness (QED) is 0.0321.